The fourth-order valence-corrected chi connectivity index (χ4v) is 4.17. The van der Waals surface area contributed by atoms with E-state index in [9.17, 15) is 9.90 Å². The van der Waals surface area contributed by atoms with Crippen LogP contribution in [0.1, 0.15) is 44.1 Å². The van der Waals surface area contributed by atoms with Gasteiger partial charge in [-0.05, 0) is 44.3 Å². The van der Waals surface area contributed by atoms with Crippen molar-refractivity contribution in [2.24, 2.45) is 5.92 Å². The number of carbonyl (C=O) groups excluding carboxylic acids is 1. The minimum Gasteiger partial charge on any atom is -0.391 e. The van der Waals surface area contributed by atoms with E-state index in [4.69, 9.17) is 0 Å². The largest absolute Gasteiger partial charge is 0.391 e. The van der Waals surface area contributed by atoms with Gasteiger partial charge in [-0.2, -0.15) is 0 Å². The molecule has 4 heteroatoms. The summed E-state index contributed by atoms with van der Waals surface area (Å²) in [6.45, 7) is 2.93. The molecule has 1 saturated carbocycles. The molecular weight excluding hydrogens is 300 g/mol. The van der Waals surface area contributed by atoms with E-state index in [1.165, 1.54) is 5.56 Å². The van der Waals surface area contributed by atoms with Gasteiger partial charge in [0, 0.05) is 19.5 Å². The van der Waals surface area contributed by atoms with Crippen LogP contribution in [0.3, 0.4) is 0 Å². The molecule has 0 bridgehead atoms. The number of piperidine rings is 1. The zero-order chi connectivity index (χ0) is 16.9. The average molecular weight is 330 g/mol. The Bertz CT molecular complexity index is 526. The second-order valence-electron chi connectivity index (χ2n) is 7.40. The molecule has 3 rings (SSSR count). The lowest BCUT2D eigenvalue weighted by molar-refractivity contribution is -0.141. The lowest BCUT2D eigenvalue weighted by Gasteiger charge is -2.39. The van der Waals surface area contributed by atoms with Crippen LogP contribution in [0, 0.1) is 5.92 Å². The molecule has 1 N–H and O–H groups in total. The third-order valence-electron chi connectivity index (χ3n) is 5.72. The molecule has 1 saturated heterocycles. The highest BCUT2D eigenvalue weighted by atomic mass is 16.3. The fraction of sp³-hybridized carbons (Fsp3) is 0.650. The van der Waals surface area contributed by atoms with Gasteiger partial charge in [-0.3, -0.25) is 9.69 Å². The molecule has 1 amide bonds. The van der Waals surface area contributed by atoms with Crippen molar-refractivity contribution in [2.45, 2.75) is 57.2 Å². The van der Waals surface area contributed by atoms with Gasteiger partial charge in [0.2, 0.25) is 5.91 Å². The minimum absolute atomic E-state index is 0.0219. The van der Waals surface area contributed by atoms with Crippen LogP contribution in [0.5, 0.6) is 0 Å². The summed E-state index contributed by atoms with van der Waals surface area (Å²) >= 11 is 0. The Morgan fingerprint density at radius 3 is 2.46 bits per heavy atom. The molecule has 1 aliphatic carbocycles. The second kappa shape index (κ2) is 8.13. The maximum Gasteiger partial charge on any atom is 0.225 e. The predicted molar refractivity (Wildman–Crippen MR) is 95.5 cm³/mol. The van der Waals surface area contributed by atoms with E-state index in [-0.39, 0.29) is 24.0 Å². The third kappa shape index (κ3) is 4.17. The Morgan fingerprint density at radius 1 is 1.12 bits per heavy atom. The number of amides is 1. The van der Waals surface area contributed by atoms with E-state index in [0.717, 1.165) is 58.2 Å². The lowest BCUT2D eigenvalue weighted by Crippen LogP contribution is -2.49. The molecule has 1 aliphatic heterocycles. The van der Waals surface area contributed by atoms with Crippen LogP contribution in [0.4, 0.5) is 0 Å². The van der Waals surface area contributed by atoms with E-state index in [1.54, 1.807) is 0 Å². The van der Waals surface area contributed by atoms with Crippen LogP contribution in [-0.4, -0.2) is 53.1 Å². The van der Waals surface area contributed by atoms with Crippen LogP contribution < -0.4 is 0 Å². The molecule has 132 valence electrons. The number of nitrogens with zero attached hydrogens (tertiary/aromatic N) is 2. The average Bonchev–Trinajstić information content (AvgIpc) is 2.62. The van der Waals surface area contributed by atoms with Gasteiger partial charge in [0.25, 0.3) is 0 Å². The number of aliphatic hydroxyl groups excluding tert-OH is 1. The highest BCUT2D eigenvalue weighted by Crippen LogP contribution is 2.26. The van der Waals surface area contributed by atoms with Crippen molar-refractivity contribution >= 4 is 5.91 Å². The standard InChI is InChI=1S/C20H30N2O2/c1-21(18-9-5-6-10-19(18)23)20(24)17-11-13-22(14-12-17)15-16-7-3-2-4-8-16/h2-4,7-8,17-19,23H,5-6,9-15H2,1H3/t18-,19-/m0/s1. The highest BCUT2D eigenvalue weighted by Gasteiger charge is 2.34. The molecule has 1 aromatic rings. The molecule has 0 spiro atoms. The van der Waals surface area contributed by atoms with E-state index < -0.39 is 0 Å². The van der Waals surface area contributed by atoms with E-state index in [1.807, 2.05) is 18.0 Å². The Kier molecular flexibility index (Phi) is 5.90. The molecule has 2 atom stereocenters. The molecule has 0 unspecified atom stereocenters. The van der Waals surface area contributed by atoms with Crippen molar-refractivity contribution in [3.63, 3.8) is 0 Å². The zero-order valence-corrected chi connectivity index (χ0v) is 14.7. The molecule has 1 heterocycles. The van der Waals surface area contributed by atoms with Gasteiger partial charge >= 0.3 is 0 Å². The summed E-state index contributed by atoms with van der Waals surface area (Å²) in [5, 5.41) is 10.2. The summed E-state index contributed by atoms with van der Waals surface area (Å²) in [5.74, 6) is 0.358. The highest BCUT2D eigenvalue weighted by molar-refractivity contribution is 5.79. The maximum atomic E-state index is 12.8. The Morgan fingerprint density at radius 2 is 1.79 bits per heavy atom. The summed E-state index contributed by atoms with van der Waals surface area (Å²) in [6, 6.07) is 10.6. The number of hydrogen-bond donors (Lipinski definition) is 1. The third-order valence-corrected chi connectivity index (χ3v) is 5.72. The summed E-state index contributed by atoms with van der Waals surface area (Å²) < 4.78 is 0. The summed E-state index contributed by atoms with van der Waals surface area (Å²) in [6.07, 6.45) is 5.49. The van der Waals surface area contributed by atoms with Crippen LogP contribution in [0.2, 0.25) is 0 Å². The molecule has 24 heavy (non-hydrogen) atoms. The van der Waals surface area contributed by atoms with E-state index in [2.05, 4.69) is 29.2 Å². The summed E-state index contributed by atoms with van der Waals surface area (Å²) in [7, 11) is 1.89. The Labute approximate surface area is 145 Å². The first-order valence-corrected chi connectivity index (χ1v) is 9.36. The van der Waals surface area contributed by atoms with Crippen molar-refractivity contribution in [1.82, 2.24) is 9.80 Å². The maximum absolute atomic E-state index is 12.8. The van der Waals surface area contributed by atoms with Crippen LogP contribution in [0.15, 0.2) is 30.3 Å². The topological polar surface area (TPSA) is 43.8 Å². The number of likely N-dealkylation sites (N-methyl/N-ethyl adjacent to an activating group) is 1. The monoisotopic (exact) mass is 330 g/mol. The van der Waals surface area contributed by atoms with Gasteiger partial charge < -0.3 is 10.0 Å². The van der Waals surface area contributed by atoms with Crippen LogP contribution in [-0.2, 0) is 11.3 Å². The lowest BCUT2D eigenvalue weighted by atomic mass is 9.89. The fourth-order valence-electron chi connectivity index (χ4n) is 4.17. The number of likely N-dealkylation sites (tertiary alicyclic amines) is 1. The van der Waals surface area contributed by atoms with Gasteiger partial charge in [0.15, 0.2) is 0 Å². The first kappa shape index (κ1) is 17.4. The molecule has 4 nitrogen and oxygen atoms in total. The zero-order valence-electron chi connectivity index (χ0n) is 14.7. The molecule has 1 aromatic carbocycles. The first-order valence-electron chi connectivity index (χ1n) is 9.36. The van der Waals surface area contributed by atoms with Gasteiger partial charge in [-0.15, -0.1) is 0 Å². The molecule has 0 aromatic heterocycles. The Hall–Kier alpha value is -1.39. The first-order chi connectivity index (χ1) is 11.6. The van der Waals surface area contributed by atoms with E-state index in [0.29, 0.717) is 0 Å². The number of aliphatic hydroxyl groups is 1. The van der Waals surface area contributed by atoms with Gasteiger partial charge in [0.1, 0.15) is 0 Å². The van der Waals surface area contributed by atoms with E-state index >= 15 is 0 Å². The van der Waals surface area contributed by atoms with Gasteiger partial charge in [-0.1, -0.05) is 43.2 Å². The molecule has 2 fully saturated rings. The molecule has 0 radical (unpaired) electrons. The summed E-state index contributed by atoms with van der Waals surface area (Å²) in [4.78, 5) is 17.1. The van der Waals surface area contributed by atoms with Crippen molar-refractivity contribution in [1.29, 1.82) is 0 Å². The number of hydrogen-bond acceptors (Lipinski definition) is 3. The second-order valence-corrected chi connectivity index (χ2v) is 7.40. The molecule has 2 aliphatic rings. The SMILES string of the molecule is CN(C(=O)C1CCN(Cc2ccccc2)CC1)[C@H]1CCCC[C@@H]1O. The van der Waals surface area contributed by atoms with Crippen molar-refractivity contribution < 1.29 is 9.90 Å². The predicted octanol–water partition coefficient (Wildman–Crippen LogP) is 2.66. The van der Waals surface area contributed by atoms with Crippen molar-refractivity contribution in [3.05, 3.63) is 35.9 Å². The normalized spacial score (nSPS) is 26.2. The molecular formula is C20H30N2O2. The van der Waals surface area contributed by atoms with Crippen molar-refractivity contribution in [3.8, 4) is 0 Å². The number of benzene rings is 1. The van der Waals surface area contributed by atoms with Crippen LogP contribution in [0.25, 0.3) is 0 Å². The summed E-state index contributed by atoms with van der Waals surface area (Å²) in [5.41, 5.74) is 1.34. The number of carbonyl (C=O) groups is 1. The van der Waals surface area contributed by atoms with Gasteiger partial charge in [-0.25, -0.2) is 0 Å². The smallest absolute Gasteiger partial charge is 0.225 e. The minimum atomic E-state index is -0.342. The number of rotatable bonds is 4. The Balaban J connectivity index is 1.49. The van der Waals surface area contributed by atoms with Gasteiger partial charge in [0.05, 0.1) is 12.1 Å². The van der Waals surface area contributed by atoms with Crippen molar-refractivity contribution in [2.75, 3.05) is 20.1 Å². The van der Waals surface area contributed by atoms with Crippen LogP contribution >= 0.6 is 0 Å². The quantitative estimate of drug-likeness (QED) is 0.923.